The standard InChI is InChI=1S/C20H25ClN4O2/c1-13-11-16(13)19(14-6-8-15(21)9-7-14)22-18(26)12-25-20(27)24-10-4-2-3-5-17(24)23-25/h6-9,13,16,19H,2-5,10-12H2,1H3,(H,22,26)/t13-,16-,19+/m1/s1. The maximum Gasteiger partial charge on any atom is 0.346 e. The summed E-state index contributed by atoms with van der Waals surface area (Å²) in [6.07, 6.45) is 5.04. The quantitative estimate of drug-likeness (QED) is 0.856. The van der Waals surface area contributed by atoms with Gasteiger partial charge in [0, 0.05) is 18.0 Å². The average molecular weight is 389 g/mol. The van der Waals surface area contributed by atoms with Gasteiger partial charge in [0.05, 0.1) is 6.04 Å². The summed E-state index contributed by atoms with van der Waals surface area (Å²) in [7, 11) is 0. The second-order valence-electron chi connectivity index (χ2n) is 7.79. The second-order valence-corrected chi connectivity index (χ2v) is 8.23. The molecule has 0 saturated heterocycles. The van der Waals surface area contributed by atoms with Crippen LogP contribution in [0.25, 0.3) is 0 Å². The zero-order valence-electron chi connectivity index (χ0n) is 15.5. The number of aryl methyl sites for hydroxylation is 1. The number of rotatable bonds is 5. The van der Waals surface area contributed by atoms with Crippen LogP contribution < -0.4 is 11.0 Å². The summed E-state index contributed by atoms with van der Waals surface area (Å²) in [5, 5.41) is 8.21. The lowest BCUT2D eigenvalue weighted by atomic mass is 10.0. The van der Waals surface area contributed by atoms with Crippen molar-refractivity contribution in [3.05, 3.63) is 51.2 Å². The Morgan fingerprint density at radius 1 is 1.30 bits per heavy atom. The number of nitrogens with zero attached hydrogens (tertiary/aromatic N) is 3. The first-order chi connectivity index (χ1) is 13.0. The molecule has 27 heavy (non-hydrogen) atoms. The van der Waals surface area contributed by atoms with Gasteiger partial charge < -0.3 is 5.32 Å². The van der Waals surface area contributed by atoms with Gasteiger partial charge in [-0.25, -0.2) is 9.48 Å². The number of benzene rings is 1. The summed E-state index contributed by atoms with van der Waals surface area (Å²) in [4.78, 5) is 25.3. The summed E-state index contributed by atoms with van der Waals surface area (Å²) in [5.74, 6) is 1.63. The van der Waals surface area contributed by atoms with Gasteiger partial charge in [-0.1, -0.05) is 37.1 Å². The van der Waals surface area contributed by atoms with Gasteiger partial charge in [0.2, 0.25) is 5.91 Å². The van der Waals surface area contributed by atoms with Crippen molar-refractivity contribution in [2.24, 2.45) is 11.8 Å². The van der Waals surface area contributed by atoms with Crippen molar-refractivity contribution < 1.29 is 4.79 Å². The van der Waals surface area contributed by atoms with E-state index in [2.05, 4.69) is 17.3 Å². The highest BCUT2D eigenvalue weighted by molar-refractivity contribution is 6.30. The highest BCUT2D eigenvalue weighted by atomic mass is 35.5. The molecule has 4 rings (SSSR count). The van der Waals surface area contributed by atoms with Crippen molar-refractivity contribution >= 4 is 17.5 Å². The molecule has 1 aliphatic carbocycles. The second kappa shape index (κ2) is 7.50. The fourth-order valence-electron chi connectivity index (χ4n) is 4.01. The molecule has 2 aliphatic rings. The Kier molecular flexibility index (Phi) is 5.08. The summed E-state index contributed by atoms with van der Waals surface area (Å²) in [6.45, 7) is 2.85. The molecule has 1 aromatic carbocycles. The van der Waals surface area contributed by atoms with Crippen LogP contribution in [0.1, 0.15) is 50.0 Å². The molecule has 1 amide bonds. The van der Waals surface area contributed by atoms with Crippen LogP contribution in [0.2, 0.25) is 5.02 Å². The van der Waals surface area contributed by atoms with E-state index in [1.54, 1.807) is 4.57 Å². The van der Waals surface area contributed by atoms with E-state index in [1.165, 1.54) is 4.68 Å². The van der Waals surface area contributed by atoms with Gasteiger partial charge in [0.25, 0.3) is 0 Å². The van der Waals surface area contributed by atoms with E-state index in [1.807, 2.05) is 24.3 Å². The minimum absolute atomic E-state index is 0.0377. The number of amides is 1. The average Bonchev–Trinajstić information content (AvgIpc) is 3.36. The normalized spacial score (nSPS) is 22.6. The Morgan fingerprint density at radius 3 is 2.74 bits per heavy atom. The molecule has 2 aromatic rings. The van der Waals surface area contributed by atoms with Crippen molar-refractivity contribution in [3.63, 3.8) is 0 Å². The van der Waals surface area contributed by atoms with E-state index >= 15 is 0 Å². The minimum Gasteiger partial charge on any atom is -0.347 e. The number of nitrogens with one attached hydrogen (secondary N) is 1. The number of aromatic nitrogens is 3. The molecule has 0 radical (unpaired) electrons. The first kappa shape index (κ1) is 18.3. The third-order valence-corrected chi connectivity index (χ3v) is 5.97. The van der Waals surface area contributed by atoms with Crippen molar-refractivity contribution in [2.45, 2.75) is 58.2 Å². The Balaban J connectivity index is 1.49. The molecule has 1 aromatic heterocycles. The van der Waals surface area contributed by atoms with Gasteiger partial charge in [0.1, 0.15) is 12.4 Å². The number of fused-ring (bicyclic) bond motifs is 1. The molecule has 0 bridgehead atoms. The molecule has 1 fully saturated rings. The zero-order valence-corrected chi connectivity index (χ0v) is 16.3. The van der Waals surface area contributed by atoms with Crippen LogP contribution in [-0.4, -0.2) is 20.3 Å². The largest absolute Gasteiger partial charge is 0.347 e. The Labute approximate surface area is 163 Å². The summed E-state index contributed by atoms with van der Waals surface area (Å²) in [5.41, 5.74) is 0.875. The van der Waals surface area contributed by atoms with E-state index in [9.17, 15) is 9.59 Å². The van der Waals surface area contributed by atoms with Gasteiger partial charge in [-0.05, 0) is 48.8 Å². The molecule has 7 heteroatoms. The topological polar surface area (TPSA) is 68.9 Å². The van der Waals surface area contributed by atoms with Crippen molar-refractivity contribution in [1.82, 2.24) is 19.7 Å². The molecule has 0 spiro atoms. The predicted molar refractivity (Wildman–Crippen MR) is 104 cm³/mol. The SMILES string of the molecule is C[C@@H]1C[C@H]1[C@@H](NC(=O)Cn1nc2n(c1=O)CCCCC2)c1ccc(Cl)cc1. The van der Waals surface area contributed by atoms with E-state index in [-0.39, 0.29) is 24.2 Å². The Hall–Kier alpha value is -2.08. The molecule has 144 valence electrons. The monoisotopic (exact) mass is 388 g/mol. The smallest absolute Gasteiger partial charge is 0.346 e. The lowest BCUT2D eigenvalue weighted by molar-refractivity contribution is -0.122. The van der Waals surface area contributed by atoms with Crippen LogP contribution >= 0.6 is 11.6 Å². The predicted octanol–water partition coefficient (Wildman–Crippen LogP) is 2.94. The lowest BCUT2D eigenvalue weighted by Gasteiger charge is -2.19. The third kappa shape index (κ3) is 3.95. The van der Waals surface area contributed by atoms with Gasteiger partial charge >= 0.3 is 5.69 Å². The van der Waals surface area contributed by atoms with Crippen molar-refractivity contribution in [2.75, 3.05) is 0 Å². The zero-order chi connectivity index (χ0) is 19.0. The lowest BCUT2D eigenvalue weighted by Crippen LogP contribution is -2.36. The summed E-state index contributed by atoms with van der Waals surface area (Å²) in [6, 6.07) is 7.56. The minimum atomic E-state index is -0.176. The van der Waals surface area contributed by atoms with Crippen molar-refractivity contribution in [3.8, 4) is 0 Å². The van der Waals surface area contributed by atoms with Crippen LogP contribution in [0, 0.1) is 11.8 Å². The molecular formula is C20H25ClN4O2. The number of halogens is 1. The van der Waals surface area contributed by atoms with E-state index < -0.39 is 0 Å². The van der Waals surface area contributed by atoms with E-state index in [4.69, 9.17) is 11.6 Å². The van der Waals surface area contributed by atoms with Crippen LogP contribution in [-0.2, 0) is 24.3 Å². The highest BCUT2D eigenvalue weighted by Gasteiger charge is 2.41. The van der Waals surface area contributed by atoms with E-state index in [0.29, 0.717) is 23.4 Å². The summed E-state index contributed by atoms with van der Waals surface area (Å²) >= 11 is 6.00. The fourth-order valence-corrected chi connectivity index (χ4v) is 4.13. The first-order valence-electron chi connectivity index (χ1n) is 9.74. The van der Waals surface area contributed by atoms with E-state index in [0.717, 1.165) is 43.5 Å². The van der Waals surface area contributed by atoms with Crippen LogP contribution in [0.5, 0.6) is 0 Å². The first-order valence-corrected chi connectivity index (χ1v) is 10.1. The van der Waals surface area contributed by atoms with Gasteiger partial charge in [-0.2, -0.15) is 5.10 Å². The number of carbonyl (C=O) groups is 1. The Bertz CT molecular complexity index is 886. The van der Waals surface area contributed by atoms with Crippen molar-refractivity contribution in [1.29, 1.82) is 0 Å². The molecule has 3 atom stereocenters. The summed E-state index contributed by atoms with van der Waals surface area (Å²) < 4.78 is 3.03. The third-order valence-electron chi connectivity index (χ3n) is 5.72. The molecule has 1 aliphatic heterocycles. The molecule has 1 N–H and O–H groups in total. The molecule has 2 heterocycles. The molecule has 0 unspecified atom stereocenters. The number of carbonyl (C=O) groups excluding carboxylic acids is 1. The van der Waals surface area contributed by atoms with Crippen LogP contribution in [0.3, 0.4) is 0 Å². The molecule has 6 nitrogen and oxygen atoms in total. The maximum atomic E-state index is 12.7. The number of hydrogen-bond donors (Lipinski definition) is 1. The highest BCUT2D eigenvalue weighted by Crippen LogP contribution is 2.47. The van der Waals surface area contributed by atoms with Crippen LogP contribution in [0.15, 0.2) is 29.1 Å². The van der Waals surface area contributed by atoms with Gasteiger partial charge in [-0.3, -0.25) is 9.36 Å². The van der Waals surface area contributed by atoms with Crippen LogP contribution in [0.4, 0.5) is 0 Å². The molecule has 1 saturated carbocycles. The fraction of sp³-hybridized carbons (Fsp3) is 0.550. The van der Waals surface area contributed by atoms with Gasteiger partial charge in [-0.15, -0.1) is 0 Å². The molecular weight excluding hydrogens is 364 g/mol. The Morgan fingerprint density at radius 2 is 2.04 bits per heavy atom. The number of hydrogen-bond acceptors (Lipinski definition) is 3. The maximum absolute atomic E-state index is 12.7. The van der Waals surface area contributed by atoms with Gasteiger partial charge in [0.15, 0.2) is 0 Å².